The van der Waals surface area contributed by atoms with Crippen molar-refractivity contribution in [2.24, 2.45) is 0 Å². The van der Waals surface area contributed by atoms with Crippen LogP contribution in [0.15, 0.2) is 12.4 Å². The third-order valence-electron chi connectivity index (χ3n) is 5.29. The van der Waals surface area contributed by atoms with Gasteiger partial charge >= 0.3 is 16.3 Å². The molecule has 0 atom stereocenters. The number of nitrogens with zero attached hydrogens (tertiary/aromatic N) is 5. The number of ether oxygens (including phenoxy) is 2. The number of halogens is 1. The van der Waals surface area contributed by atoms with Crippen LogP contribution in [0.2, 0.25) is 5.15 Å². The summed E-state index contributed by atoms with van der Waals surface area (Å²) in [5, 5.41) is 4.72. The van der Waals surface area contributed by atoms with Gasteiger partial charge in [0.2, 0.25) is 0 Å². The first-order valence-electron chi connectivity index (χ1n) is 10.7. The summed E-state index contributed by atoms with van der Waals surface area (Å²) in [6, 6.07) is 1.52. The van der Waals surface area contributed by atoms with E-state index >= 15 is 0 Å². The van der Waals surface area contributed by atoms with Gasteiger partial charge in [0.05, 0.1) is 6.61 Å². The van der Waals surface area contributed by atoms with Crippen molar-refractivity contribution in [2.45, 2.75) is 52.2 Å². The number of piperidine rings is 1. The lowest BCUT2D eigenvalue weighted by atomic mass is 10.0. The molecule has 3 heterocycles. The molecule has 0 aliphatic carbocycles. The Hall–Kier alpha value is -2.15. The number of anilines is 1. The number of amides is 1. The molecule has 1 N–H and O–H groups in total. The van der Waals surface area contributed by atoms with Crippen LogP contribution in [0.5, 0.6) is 0 Å². The number of fused-ring (bicyclic) bond motifs is 1. The van der Waals surface area contributed by atoms with E-state index < -0.39 is 21.9 Å². The molecule has 0 bridgehead atoms. The van der Waals surface area contributed by atoms with E-state index in [1.807, 2.05) is 17.7 Å². The Labute approximate surface area is 199 Å². The molecule has 184 valence electrons. The molecule has 1 saturated heterocycles. The van der Waals surface area contributed by atoms with Gasteiger partial charge in [0.1, 0.15) is 22.6 Å². The van der Waals surface area contributed by atoms with Crippen LogP contribution in [-0.4, -0.2) is 78.4 Å². The average Bonchev–Trinajstić information content (AvgIpc) is 3.00. The van der Waals surface area contributed by atoms with Gasteiger partial charge < -0.3 is 14.4 Å². The molecule has 11 nitrogen and oxygen atoms in total. The fourth-order valence-electron chi connectivity index (χ4n) is 3.90. The van der Waals surface area contributed by atoms with Crippen LogP contribution in [0.3, 0.4) is 0 Å². The van der Waals surface area contributed by atoms with Crippen LogP contribution in [0, 0.1) is 6.92 Å². The summed E-state index contributed by atoms with van der Waals surface area (Å²) in [6.07, 6.45) is 1.54. The summed E-state index contributed by atoms with van der Waals surface area (Å²) in [7, 11) is -2.62. The largest absolute Gasteiger partial charge is 0.443 e. The second-order valence-electron chi connectivity index (χ2n) is 8.92. The maximum absolute atomic E-state index is 13.0. The normalized spacial score (nSPS) is 15.9. The molecular weight excluding hydrogens is 472 g/mol. The van der Waals surface area contributed by atoms with Crippen LogP contribution >= 0.6 is 11.6 Å². The lowest BCUT2D eigenvalue weighted by Crippen LogP contribution is -2.53. The van der Waals surface area contributed by atoms with Gasteiger partial charge in [-0.1, -0.05) is 11.6 Å². The maximum Gasteiger partial charge on any atom is 0.422 e. The highest BCUT2D eigenvalue weighted by molar-refractivity contribution is 7.87. The second-order valence-corrected chi connectivity index (χ2v) is 10.9. The molecule has 0 radical (unpaired) electrons. The van der Waals surface area contributed by atoms with Crippen molar-refractivity contribution >= 4 is 39.2 Å². The highest BCUT2D eigenvalue weighted by Crippen LogP contribution is 2.29. The number of methoxy groups -OCH3 is 1. The predicted octanol–water partition coefficient (Wildman–Crippen LogP) is 2.38. The number of hydrogen-bond donors (Lipinski definition) is 1. The molecule has 0 spiro atoms. The number of carbonyl (C=O) groups is 1. The fraction of sp³-hybridized carbons (Fsp3) is 0.650. The van der Waals surface area contributed by atoms with Gasteiger partial charge in [-0.2, -0.15) is 17.8 Å². The quantitative estimate of drug-likeness (QED) is 0.613. The second kappa shape index (κ2) is 10.00. The molecule has 0 saturated carbocycles. The molecule has 2 aromatic rings. The van der Waals surface area contributed by atoms with Gasteiger partial charge in [-0.25, -0.2) is 19.0 Å². The lowest BCUT2D eigenvalue weighted by Gasteiger charge is -2.38. The van der Waals surface area contributed by atoms with Crippen molar-refractivity contribution in [1.29, 1.82) is 0 Å². The van der Waals surface area contributed by atoms with Crippen molar-refractivity contribution < 1.29 is 22.7 Å². The molecule has 1 aliphatic rings. The van der Waals surface area contributed by atoms with E-state index in [0.717, 1.165) is 16.9 Å². The van der Waals surface area contributed by atoms with E-state index in [9.17, 15) is 13.2 Å². The minimum atomic E-state index is -4.12. The molecule has 1 fully saturated rings. The topological polar surface area (TPSA) is 118 Å². The molecule has 1 aliphatic heterocycles. The molecule has 2 aromatic heterocycles. The summed E-state index contributed by atoms with van der Waals surface area (Å²) in [6.45, 7) is 8.41. The van der Waals surface area contributed by atoms with E-state index in [4.69, 9.17) is 21.1 Å². The molecule has 33 heavy (non-hydrogen) atoms. The number of nitrogens with one attached hydrogen (secondary N) is 1. The van der Waals surface area contributed by atoms with Crippen molar-refractivity contribution in [2.75, 3.05) is 38.3 Å². The molecule has 3 rings (SSSR count). The van der Waals surface area contributed by atoms with Crippen LogP contribution in [0.1, 0.15) is 39.2 Å². The predicted molar refractivity (Wildman–Crippen MR) is 125 cm³/mol. The van der Waals surface area contributed by atoms with E-state index in [-0.39, 0.29) is 19.2 Å². The Kier molecular flexibility index (Phi) is 7.72. The Balaban J connectivity index is 1.75. The maximum atomic E-state index is 13.0. The summed E-state index contributed by atoms with van der Waals surface area (Å²) >= 11 is 6.26. The van der Waals surface area contributed by atoms with Gasteiger partial charge in [0.15, 0.2) is 5.82 Å². The van der Waals surface area contributed by atoms with Crippen LogP contribution in [0.25, 0.3) is 5.52 Å². The first-order valence-corrected chi connectivity index (χ1v) is 12.5. The molecule has 1 amide bonds. The summed E-state index contributed by atoms with van der Waals surface area (Å²) in [4.78, 5) is 18.7. The van der Waals surface area contributed by atoms with Crippen LogP contribution < -0.4 is 9.62 Å². The van der Waals surface area contributed by atoms with Crippen molar-refractivity contribution in [3.63, 3.8) is 0 Å². The zero-order chi connectivity index (χ0) is 24.4. The highest BCUT2D eigenvalue weighted by atomic mass is 35.5. The first-order chi connectivity index (χ1) is 15.4. The molecule has 0 unspecified atom stereocenters. The van der Waals surface area contributed by atoms with Crippen molar-refractivity contribution in [3.05, 3.63) is 23.1 Å². The van der Waals surface area contributed by atoms with E-state index in [1.54, 1.807) is 25.3 Å². The van der Waals surface area contributed by atoms with Gasteiger partial charge in [-0.15, -0.1) is 0 Å². The first kappa shape index (κ1) is 25.5. The van der Waals surface area contributed by atoms with E-state index in [1.165, 1.54) is 17.7 Å². The smallest absolute Gasteiger partial charge is 0.422 e. The van der Waals surface area contributed by atoms with Crippen molar-refractivity contribution in [1.82, 2.24) is 23.6 Å². The molecule has 13 heteroatoms. The van der Waals surface area contributed by atoms with Crippen molar-refractivity contribution in [3.8, 4) is 0 Å². The van der Waals surface area contributed by atoms with Gasteiger partial charge in [0.25, 0.3) is 0 Å². The number of carbonyl (C=O) groups excluding carboxylic acids is 1. The third-order valence-corrected chi connectivity index (χ3v) is 7.08. The van der Waals surface area contributed by atoms with Gasteiger partial charge in [0, 0.05) is 32.8 Å². The van der Waals surface area contributed by atoms with Gasteiger partial charge in [-0.3, -0.25) is 0 Å². The minimum Gasteiger partial charge on any atom is -0.443 e. The van der Waals surface area contributed by atoms with Gasteiger partial charge in [-0.05, 0) is 52.2 Å². The van der Waals surface area contributed by atoms with E-state index in [2.05, 4.69) is 15.0 Å². The number of aromatic nitrogens is 3. The highest BCUT2D eigenvalue weighted by Gasteiger charge is 2.35. The minimum absolute atomic E-state index is 0.116. The summed E-state index contributed by atoms with van der Waals surface area (Å²) in [5.74, 6) is 0.756. The zero-order valence-electron chi connectivity index (χ0n) is 19.5. The summed E-state index contributed by atoms with van der Waals surface area (Å²) in [5.41, 5.74) is 0.977. The Morgan fingerprint density at radius 1 is 1.33 bits per heavy atom. The summed E-state index contributed by atoms with van der Waals surface area (Å²) < 4.78 is 41.2. The lowest BCUT2D eigenvalue weighted by molar-refractivity contribution is 0.0564. The fourth-order valence-corrected chi connectivity index (χ4v) is 5.48. The van der Waals surface area contributed by atoms with Crippen LogP contribution in [-0.2, 0) is 19.7 Å². The van der Waals surface area contributed by atoms with E-state index in [0.29, 0.717) is 31.1 Å². The third kappa shape index (κ3) is 6.05. The SMILES string of the molecule is COCCN(C1CCN(c2ncnn3c(Cl)cc(C)c23)CC1)S(=O)(=O)NC(=O)OC(C)(C)C. The average molecular weight is 503 g/mol. The molecular formula is C20H31ClN6O5S. The Morgan fingerprint density at radius 3 is 2.61 bits per heavy atom. The van der Waals surface area contributed by atoms with Crippen LogP contribution in [0.4, 0.5) is 10.6 Å². The number of rotatable bonds is 7. The Bertz CT molecular complexity index is 1090. The molecule has 0 aromatic carbocycles. The Morgan fingerprint density at radius 2 is 2.00 bits per heavy atom. The standard InChI is InChI=1S/C20H31ClN6O5S/c1-14-12-16(21)27-17(14)18(22-13-23-27)25-8-6-15(7-9-25)26(10-11-31-5)33(29,30)24-19(28)32-20(2,3)4/h12-13,15H,6-11H2,1-5H3,(H,24,28). The number of hydrogen-bond acceptors (Lipinski definition) is 8. The monoisotopic (exact) mass is 502 g/mol. The number of aryl methyl sites for hydroxylation is 1. The zero-order valence-corrected chi connectivity index (χ0v) is 21.1.